The van der Waals surface area contributed by atoms with Crippen molar-refractivity contribution in [2.45, 2.75) is 13.3 Å². The van der Waals surface area contributed by atoms with Crippen LogP contribution in [0, 0.1) is 11.8 Å². The summed E-state index contributed by atoms with van der Waals surface area (Å²) in [4.78, 5) is 65.2. The van der Waals surface area contributed by atoms with Crippen molar-refractivity contribution in [3.05, 3.63) is 0 Å². The average molecular weight is 850 g/mol. The number of aliphatic hydroxyl groups excluding tert-OH is 1. The molecule has 0 aliphatic carbocycles. The van der Waals surface area contributed by atoms with E-state index in [1.807, 2.05) is 0 Å². The molecule has 0 spiro atoms. The van der Waals surface area contributed by atoms with E-state index in [-0.39, 0.29) is 6.42 Å². The second kappa shape index (κ2) is 24.1. The summed E-state index contributed by atoms with van der Waals surface area (Å²) in [6, 6.07) is 0. The number of hydrogen-bond acceptors (Lipinski definition) is 18. The van der Waals surface area contributed by atoms with Gasteiger partial charge in [-0.3, -0.25) is 54.2 Å². The highest BCUT2D eigenvalue weighted by Gasteiger charge is 2.29. The third-order valence-electron chi connectivity index (χ3n) is 4.85. The molecular weight excluding hydrogens is 809 g/mol. The molecule has 0 aromatic rings. The molecule has 0 rings (SSSR count). The van der Waals surface area contributed by atoms with Gasteiger partial charge in [0.15, 0.2) is 0 Å². The largest absolute Gasteiger partial charge is 0.472 e. The van der Waals surface area contributed by atoms with Crippen LogP contribution in [0.25, 0.3) is 0 Å². The minimum absolute atomic E-state index is 0.252. The van der Waals surface area contributed by atoms with Crippen molar-refractivity contribution < 1.29 is 121 Å². The molecule has 0 amide bonds. The first-order valence-electron chi connectivity index (χ1n) is 13.4. The number of hydrogen-bond donors (Lipinski definition) is 8. The van der Waals surface area contributed by atoms with E-state index >= 15 is 0 Å². The molecule has 0 heterocycles. The molecule has 49 heavy (non-hydrogen) atoms. The maximum Gasteiger partial charge on any atom is 0.472 e. The molecule has 0 aromatic heterocycles. The first-order valence-corrected chi connectivity index (χ1v) is 22.4. The summed E-state index contributed by atoms with van der Waals surface area (Å²) in [5.41, 5.74) is 0. The van der Waals surface area contributed by atoms with Crippen molar-refractivity contribution in [1.29, 1.82) is 0 Å². The van der Waals surface area contributed by atoms with E-state index in [0.717, 1.165) is 0 Å². The van der Waals surface area contributed by atoms with E-state index in [1.54, 1.807) is 6.92 Å². The highest BCUT2D eigenvalue weighted by atomic mass is 31.2. The highest BCUT2D eigenvalue weighted by Crippen LogP contribution is 2.48. The van der Waals surface area contributed by atoms with Crippen molar-refractivity contribution in [3.63, 3.8) is 0 Å². The van der Waals surface area contributed by atoms with Gasteiger partial charge in [-0.15, -0.1) is 0 Å². The molecule has 0 aliphatic rings. The Hall–Kier alpha value is 0.550. The lowest BCUT2D eigenvalue weighted by Gasteiger charge is -2.18. The maximum absolute atomic E-state index is 12.5. The van der Waals surface area contributed by atoms with Crippen LogP contribution in [-0.2, 0) is 77.2 Å². The van der Waals surface area contributed by atoms with Crippen LogP contribution in [0.15, 0.2) is 0 Å². The van der Waals surface area contributed by atoms with Crippen LogP contribution in [0.2, 0.25) is 0 Å². The van der Waals surface area contributed by atoms with E-state index in [1.165, 1.54) is 0 Å². The molecule has 32 heteroatoms. The Bertz CT molecular complexity index is 1210. The smallest absolute Gasteiger partial charge is 0.396 e. The first-order chi connectivity index (χ1) is 22.5. The minimum atomic E-state index is -4.85. The minimum Gasteiger partial charge on any atom is -0.396 e. The van der Waals surface area contributed by atoms with Gasteiger partial charge in [-0.2, -0.15) is 0 Å². The molecule has 0 radical (unpaired) electrons. The lowest BCUT2D eigenvalue weighted by molar-refractivity contribution is 0.0710. The van der Waals surface area contributed by atoms with Crippen molar-refractivity contribution >= 4 is 46.9 Å². The van der Waals surface area contributed by atoms with Gasteiger partial charge >= 0.3 is 46.9 Å². The molecular formula is C17H41FO25P6. The average Bonchev–Trinajstić information content (AvgIpc) is 2.98. The monoisotopic (exact) mass is 850 g/mol. The number of aliphatic hydroxyl groups is 1. The lowest BCUT2D eigenvalue weighted by Crippen LogP contribution is -2.16. The molecule has 8 N–H and O–H groups in total. The fourth-order valence-corrected chi connectivity index (χ4v) is 6.46. The van der Waals surface area contributed by atoms with Gasteiger partial charge in [0.1, 0.15) is 0 Å². The SMILES string of the molecule is CCC(COP(=O)(O)O)COP(=O)(O)OCCOP(=O)(O)OCCOP(=O)(O)OCCOP(=O)(O)OCCOP(=O)(O)OCC(CO)CF. The first kappa shape index (κ1) is 49.6. The number of rotatable bonds is 32. The van der Waals surface area contributed by atoms with Gasteiger partial charge < -0.3 is 39.4 Å². The molecule has 0 aromatic carbocycles. The number of halogens is 1. The summed E-state index contributed by atoms with van der Waals surface area (Å²) < 4.78 is 131. The summed E-state index contributed by atoms with van der Waals surface area (Å²) in [6.45, 7) is -8.07. The lowest BCUT2D eigenvalue weighted by atomic mass is 10.1. The van der Waals surface area contributed by atoms with Crippen molar-refractivity contribution in [1.82, 2.24) is 0 Å². The predicted octanol–water partition coefficient (Wildman–Crippen LogP) is 1.37. The van der Waals surface area contributed by atoms with Gasteiger partial charge in [0.25, 0.3) is 0 Å². The number of phosphoric ester groups is 6. The Labute approximate surface area is 279 Å². The van der Waals surface area contributed by atoms with Gasteiger partial charge in [-0.05, 0) is 6.42 Å². The number of alkyl halides is 1. The summed E-state index contributed by atoms with van der Waals surface area (Å²) >= 11 is 0. The fourth-order valence-electron chi connectivity index (χ4n) is 2.44. The van der Waals surface area contributed by atoms with Crippen molar-refractivity contribution in [2.75, 3.05) is 86.0 Å². The van der Waals surface area contributed by atoms with Crippen LogP contribution >= 0.6 is 46.9 Å². The van der Waals surface area contributed by atoms with Crippen LogP contribution in [0.5, 0.6) is 0 Å². The van der Waals surface area contributed by atoms with E-state index < -0.39 is 145 Å². The molecule has 0 saturated carbocycles. The molecule has 296 valence electrons. The van der Waals surface area contributed by atoms with Crippen LogP contribution in [0.4, 0.5) is 4.39 Å². The number of phosphoric acid groups is 6. The predicted molar refractivity (Wildman–Crippen MR) is 157 cm³/mol. The summed E-state index contributed by atoms with van der Waals surface area (Å²) in [5, 5.41) is 8.80. The zero-order chi connectivity index (χ0) is 37.8. The molecule has 25 nitrogen and oxygen atoms in total. The van der Waals surface area contributed by atoms with Crippen molar-refractivity contribution in [2.24, 2.45) is 11.8 Å². The van der Waals surface area contributed by atoms with E-state index in [0.29, 0.717) is 0 Å². The summed E-state index contributed by atoms with van der Waals surface area (Å²) in [7, 11) is -28.7. The van der Waals surface area contributed by atoms with Crippen LogP contribution in [0.1, 0.15) is 13.3 Å². The third kappa shape index (κ3) is 28.7. The van der Waals surface area contributed by atoms with E-state index in [4.69, 9.17) is 14.9 Å². The Morgan fingerprint density at radius 3 is 0.918 bits per heavy atom. The molecule has 0 saturated heterocycles. The normalized spacial score (nSPS) is 20.0. The molecule has 0 fully saturated rings. The standard InChI is InChI=1S/C17H41FO25P6/c1-2-16(13-41-44(20,21)22)14-42-48(29,30)39-9-7-37-46(25,26)35-5-3-33-45(23,24)34-4-6-36-47(27,28)38-8-10-40-49(31,32)43-15-17(11-18)12-19/h16-17,19H,2-15H2,1H3,(H,23,24)(H,25,26)(H,27,28)(H,29,30)(H,31,32)(H2,20,21,22). The Morgan fingerprint density at radius 1 is 0.449 bits per heavy atom. The zero-order valence-corrected chi connectivity index (χ0v) is 31.0. The van der Waals surface area contributed by atoms with Gasteiger partial charge in [0.05, 0.1) is 86.0 Å². The van der Waals surface area contributed by atoms with Gasteiger partial charge in [-0.1, -0.05) is 6.92 Å². The van der Waals surface area contributed by atoms with Gasteiger partial charge in [0, 0.05) is 11.8 Å². The molecule has 0 aliphatic heterocycles. The van der Waals surface area contributed by atoms with E-state index in [9.17, 15) is 56.2 Å². The second-order valence-corrected chi connectivity index (χ2v) is 17.4. The Kier molecular flexibility index (Phi) is 24.3. The maximum atomic E-state index is 12.5. The molecule has 0 bridgehead atoms. The van der Waals surface area contributed by atoms with Crippen LogP contribution < -0.4 is 0 Å². The summed E-state index contributed by atoms with van der Waals surface area (Å²) in [5.74, 6) is -1.75. The van der Waals surface area contributed by atoms with Crippen LogP contribution in [0.3, 0.4) is 0 Å². The topological polar surface area (TPSA) is 366 Å². The highest BCUT2D eigenvalue weighted by molar-refractivity contribution is 7.48. The molecule has 7 atom stereocenters. The fraction of sp³-hybridized carbons (Fsp3) is 1.00. The Morgan fingerprint density at radius 2 is 0.694 bits per heavy atom. The van der Waals surface area contributed by atoms with Gasteiger partial charge in [0.2, 0.25) is 0 Å². The van der Waals surface area contributed by atoms with Gasteiger partial charge in [-0.25, -0.2) is 27.4 Å². The quantitative estimate of drug-likeness (QED) is 0.0350. The Balaban J connectivity index is 4.22. The van der Waals surface area contributed by atoms with Crippen molar-refractivity contribution in [3.8, 4) is 0 Å². The van der Waals surface area contributed by atoms with E-state index in [2.05, 4.69) is 49.8 Å². The summed E-state index contributed by atoms with van der Waals surface area (Å²) in [6.07, 6.45) is 0.252. The zero-order valence-electron chi connectivity index (χ0n) is 25.6. The molecule has 7 unspecified atom stereocenters. The van der Waals surface area contributed by atoms with Crippen LogP contribution in [-0.4, -0.2) is 125 Å². The second-order valence-electron chi connectivity index (χ2n) is 8.86. The third-order valence-corrected chi connectivity index (χ3v) is 10.4.